The van der Waals surface area contributed by atoms with Crippen LogP contribution in [0.15, 0.2) is 17.7 Å². The Kier molecular flexibility index (Phi) is 6.41. The number of hydrogen-bond donors (Lipinski definition) is 3. The summed E-state index contributed by atoms with van der Waals surface area (Å²) in [4.78, 5) is 34.5. The zero-order valence-corrected chi connectivity index (χ0v) is 14.5. The molecule has 0 atom stereocenters. The van der Waals surface area contributed by atoms with E-state index < -0.39 is 17.8 Å². The summed E-state index contributed by atoms with van der Waals surface area (Å²) in [6.45, 7) is 2.60. The monoisotopic (exact) mass is 366 g/mol. The van der Waals surface area contributed by atoms with Gasteiger partial charge in [0.15, 0.2) is 0 Å². The molecule has 0 aliphatic carbocycles. The van der Waals surface area contributed by atoms with E-state index in [1.165, 1.54) is 6.07 Å². The Morgan fingerprint density at radius 2 is 1.80 bits per heavy atom. The number of unbranched alkanes of at least 4 members (excludes halogenated alkanes) is 3. The predicted octanol–water partition coefficient (Wildman–Crippen LogP) is 2.75. The number of halogens is 1. The van der Waals surface area contributed by atoms with Gasteiger partial charge in [-0.2, -0.15) is 0 Å². The van der Waals surface area contributed by atoms with Crippen molar-refractivity contribution in [2.45, 2.75) is 32.6 Å². The van der Waals surface area contributed by atoms with Crippen molar-refractivity contribution < 1.29 is 24.2 Å². The first kappa shape index (κ1) is 18.8. The van der Waals surface area contributed by atoms with Crippen LogP contribution in [0, 0.1) is 0 Å². The Hall–Kier alpha value is -2.54. The number of carbonyl (C=O) groups excluding carboxylic acids is 3. The first-order chi connectivity index (χ1) is 11.9. The number of carbonyl (C=O) groups is 3. The van der Waals surface area contributed by atoms with Crippen LogP contribution in [0.5, 0.6) is 11.5 Å². The first-order valence-corrected chi connectivity index (χ1v) is 8.34. The quantitative estimate of drug-likeness (QED) is 0.391. The van der Waals surface area contributed by atoms with Crippen molar-refractivity contribution in [1.82, 2.24) is 10.6 Å². The van der Waals surface area contributed by atoms with Gasteiger partial charge in [0.25, 0.3) is 11.8 Å². The van der Waals surface area contributed by atoms with E-state index in [0.717, 1.165) is 31.8 Å². The third kappa shape index (κ3) is 4.73. The predicted molar refractivity (Wildman–Crippen MR) is 92.4 cm³/mol. The molecule has 1 heterocycles. The maximum absolute atomic E-state index is 11.7. The van der Waals surface area contributed by atoms with Crippen LogP contribution in [0.4, 0.5) is 4.79 Å². The molecule has 8 heteroatoms. The molecule has 134 valence electrons. The van der Waals surface area contributed by atoms with Crippen LogP contribution in [-0.4, -0.2) is 29.6 Å². The Bertz CT molecular complexity index is 708. The maximum Gasteiger partial charge on any atom is 0.328 e. The number of phenolic OH excluding ortho intramolecular Hbond substituents is 1. The van der Waals surface area contributed by atoms with Gasteiger partial charge in [0.05, 0.1) is 6.61 Å². The Balaban J connectivity index is 2.14. The fourth-order valence-corrected chi connectivity index (χ4v) is 2.49. The molecule has 0 radical (unpaired) electrons. The summed E-state index contributed by atoms with van der Waals surface area (Å²) < 4.78 is 5.55. The second-order valence-electron chi connectivity index (χ2n) is 5.52. The lowest BCUT2D eigenvalue weighted by atomic mass is 10.1. The van der Waals surface area contributed by atoms with Crippen LogP contribution >= 0.6 is 11.6 Å². The molecule has 1 fully saturated rings. The second kappa shape index (κ2) is 8.53. The molecular weight excluding hydrogens is 348 g/mol. The number of phenols is 1. The van der Waals surface area contributed by atoms with E-state index in [2.05, 4.69) is 6.92 Å². The van der Waals surface area contributed by atoms with E-state index in [1.54, 1.807) is 6.07 Å². The van der Waals surface area contributed by atoms with Gasteiger partial charge in [-0.15, -0.1) is 0 Å². The van der Waals surface area contributed by atoms with Crippen LogP contribution in [0.3, 0.4) is 0 Å². The van der Waals surface area contributed by atoms with Crippen molar-refractivity contribution in [3.05, 3.63) is 28.3 Å². The highest BCUT2D eigenvalue weighted by Gasteiger charge is 2.28. The molecule has 0 saturated carbocycles. The van der Waals surface area contributed by atoms with Gasteiger partial charge in [0.1, 0.15) is 22.1 Å². The van der Waals surface area contributed by atoms with E-state index in [4.69, 9.17) is 16.3 Å². The molecule has 0 bridgehead atoms. The zero-order valence-electron chi connectivity index (χ0n) is 13.7. The third-order valence-electron chi connectivity index (χ3n) is 3.61. The number of aromatic hydroxyl groups is 1. The average Bonchev–Trinajstić information content (AvgIpc) is 2.56. The second-order valence-corrected chi connectivity index (χ2v) is 5.90. The lowest BCUT2D eigenvalue weighted by Gasteiger charge is -2.15. The molecule has 1 saturated heterocycles. The van der Waals surface area contributed by atoms with Crippen molar-refractivity contribution in [2.24, 2.45) is 0 Å². The van der Waals surface area contributed by atoms with E-state index in [-0.39, 0.29) is 21.9 Å². The lowest BCUT2D eigenvalue weighted by Crippen LogP contribution is -2.51. The van der Waals surface area contributed by atoms with E-state index in [9.17, 15) is 19.5 Å². The van der Waals surface area contributed by atoms with Gasteiger partial charge in [-0.05, 0) is 24.6 Å². The minimum Gasteiger partial charge on any atom is -0.506 e. The molecule has 0 spiro atoms. The molecule has 4 amide bonds. The molecule has 25 heavy (non-hydrogen) atoms. The van der Waals surface area contributed by atoms with Crippen LogP contribution in [-0.2, 0) is 9.59 Å². The van der Waals surface area contributed by atoms with Gasteiger partial charge in [-0.1, -0.05) is 37.8 Å². The van der Waals surface area contributed by atoms with Crippen molar-refractivity contribution in [3.63, 3.8) is 0 Å². The molecule has 7 nitrogen and oxygen atoms in total. The number of barbiturate groups is 1. The summed E-state index contributed by atoms with van der Waals surface area (Å²) in [6.07, 6.45) is 5.33. The highest BCUT2D eigenvalue weighted by atomic mass is 35.5. The van der Waals surface area contributed by atoms with E-state index in [1.807, 2.05) is 10.6 Å². The number of rotatable bonds is 7. The molecule has 0 aromatic heterocycles. The van der Waals surface area contributed by atoms with Crippen LogP contribution in [0.1, 0.15) is 38.2 Å². The molecule has 3 N–H and O–H groups in total. The van der Waals surface area contributed by atoms with Gasteiger partial charge >= 0.3 is 6.03 Å². The standard InChI is InChI=1S/C17H19ClN2O5/c1-2-3-4-5-8-25-12-7-6-10(14(21)13(12)18)9-11-15(22)19-17(24)20-16(11)23/h6-7,9,21H,2-5,8H2,1H3,(H2,19,20,22,23,24). The Morgan fingerprint density at radius 3 is 2.44 bits per heavy atom. The van der Waals surface area contributed by atoms with Crippen molar-refractivity contribution >= 4 is 35.5 Å². The molecule has 1 aliphatic heterocycles. The SMILES string of the molecule is CCCCCCOc1ccc(C=C2C(=O)NC(=O)NC2=O)c(O)c1Cl. The number of ether oxygens (including phenoxy) is 1. The molecule has 1 aliphatic rings. The fraction of sp³-hybridized carbons (Fsp3) is 0.353. The number of imide groups is 2. The topological polar surface area (TPSA) is 105 Å². The summed E-state index contributed by atoms with van der Waals surface area (Å²) >= 11 is 6.09. The van der Waals surface area contributed by atoms with Crippen LogP contribution in [0.2, 0.25) is 5.02 Å². The molecular formula is C17H19ClN2O5. The Morgan fingerprint density at radius 1 is 1.12 bits per heavy atom. The van der Waals surface area contributed by atoms with Gasteiger partial charge in [0.2, 0.25) is 0 Å². The first-order valence-electron chi connectivity index (χ1n) is 7.96. The molecule has 2 rings (SSSR count). The van der Waals surface area contributed by atoms with E-state index >= 15 is 0 Å². The van der Waals surface area contributed by atoms with Crippen molar-refractivity contribution in [2.75, 3.05) is 6.61 Å². The molecule has 0 unspecified atom stereocenters. The van der Waals surface area contributed by atoms with Crippen molar-refractivity contribution in [1.29, 1.82) is 0 Å². The summed E-state index contributed by atoms with van der Waals surface area (Å²) in [5, 5.41) is 14.1. The number of nitrogens with one attached hydrogen (secondary N) is 2. The third-order valence-corrected chi connectivity index (χ3v) is 3.98. The number of urea groups is 1. The summed E-state index contributed by atoms with van der Waals surface area (Å²) in [7, 11) is 0. The van der Waals surface area contributed by atoms with Crippen LogP contribution in [0.25, 0.3) is 6.08 Å². The van der Waals surface area contributed by atoms with Gasteiger partial charge in [-0.3, -0.25) is 20.2 Å². The smallest absolute Gasteiger partial charge is 0.328 e. The number of benzene rings is 1. The van der Waals surface area contributed by atoms with Crippen molar-refractivity contribution in [3.8, 4) is 11.5 Å². The highest BCUT2D eigenvalue weighted by molar-refractivity contribution is 6.34. The normalized spacial score (nSPS) is 14.2. The average molecular weight is 367 g/mol. The summed E-state index contributed by atoms with van der Waals surface area (Å²) in [5.41, 5.74) is -0.141. The molecule has 1 aromatic carbocycles. The van der Waals surface area contributed by atoms with Gasteiger partial charge in [-0.25, -0.2) is 4.79 Å². The number of hydrogen-bond acceptors (Lipinski definition) is 5. The maximum atomic E-state index is 11.7. The fourth-order valence-electron chi connectivity index (χ4n) is 2.26. The lowest BCUT2D eigenvalue weighted by molar-refractivity contribution is -0.123. The summed E-state index contributed by atoms with van der Waals surface area (Å²) in [6, 6.07) is 2.14. The van der Waals surface area contributed by atoms with Crippen LogP contribution < -0.4 is 15.4 Å². The van der Waals surface area contributed by atoms with E-state index in [0.29, 0.717) is 12.4 Å². The highest BCUT2D eigenvalue weighted by Crippen LogP contribution is 2.37. The summed E-state index contributed by atoms with van der Waals surface area (Å²) in [5.74, 6) is -1.68. The molecule has 1 aromatic rings. The Labute approximate surface area is 150 Å². The van der Waals surface area contributed by atoms with Gasteiger partial charge in [0, 0.05) is 5.56 Å². The minimum absolute atomic E-state index is 0.00227. The largest absolute Gasteiger partial charge is 0.506 e. The minimum atomic E-state index is -0.888. The number of amides is 4. The van der Waals surface area contributed by atoms with Gasteiger partial charge < -0.3 is 9.84 Å². The zero-order chi connectivity index (χ0) is 18.4.